The van der Waals surface area contributed by atoms with Crippen molar-refractivity contribution >= 4 is 28.9 Å². The summed E-state index contributed by atoms with van der Waals surface area (Å²) in [5.74, 6) is -1.13. The van der Waals surface area contributed by atoms with Crippen molar-refractivity contribution in [3.8, 4) is 10.6 Å². The van der Waals surface area contributed by atoms with E-state index in [-0.39, 0.29) is 12.0 Å². The van der Waals surface area contributed by atoms with Crippen molar-refractivity contribution in [1.82, 2.24) is 9.78 Å². The van der Waals surface area contributed by atoms with Crippen LogP contribution in [0.1, 0.15) is 25.7 Å². The standard InChI is InChI=1S/C16H18ClN3O2S/c1-20-16(18-13-5-3-2-4-12(13)15(21)22)23-14(19-20)10-6-8-11(17)9-7-10/h6-9,12-13H,2-5H2,1H3,(H,21,22)/t12-,13+/m1/s1. The molecule has 1 aliphatic carbocycles. The predicted octanol–water partition coefficient (Wildman–Crippen LogP) is 3.35. The number of benzene rings is 1. The lowest BCUT2D eigenvalue weighted by Gasteiger charge is -2.24. The smallest absolute Gasteiger partial charge is 0.308 e. The molecule has 0 bridgehead atoms. The zero-order chi connectivity index (χ0) is 16.4. The molecule has 0 saturated heterocycles. The summed E-state index contributed by atoms with van der Waals surface area (Å²) >= 11 is 7.39. The molecule has 1 saturated carbocycles. The number of carboxylic acid groups (broad SMARTS) is 1. The summed E-state index contributed by atoms with van der Waals surface area (Å²) in [7, 11) is 1.84. The molecule has 2 aromatic rings. The van der Waals surface area contributed by atoms with Crippen molar-refractivity contribution in [1.29, 1.82) is 0 Å². The van der Waals surface area contributed by atoms with Gasteiger partial charge in [0.2, 0.25) is 4.80 Å². The van der Waals surface area contributed by atoms with E-state index in [0.717, 1.165) is 34.6 Å². The van der Waals surface area contributed by atoms with Gasteiger partial charge in [-0.2, -0.15) is 5.10 Å². The molecule has 3 rings (SSSR count). The highest BCUT2D eigenvalue weighted by Crippen LogP contribution is 2.27. The van der Waals surface area contributed by atoms with Crippen molar-refractivity contribution in [2.75, 3.05) is 0 Å². The fourth-order valence-electron chi connectivity index (χ4n) is 2.87. The van der Waals surface area contributed by atoms with Crippen LogP contribution in [0.2, 0.25) is 5.02 Å². The zero-order valence-corrected chi connectivity index (χ0v) is 14.3. The van der Waals surface area contributed by atoms with Gasteiger partial charge in [-0.25, -0.2) is 4.68 Å². The van der Waals surface area contributed by atoms with Crippen LogP contribution < -0.4 is 4.80 Å². The first-order valence-corrected chi connectivity index (χ1v) is 8.81. The van der Waals surface area contributed by atoms with Gasteiger partial charge in [-0.1, -0.05) is 47.9 Å². The maximum absolute atomic E-state index is 11.4. The van der Waals surface area contributed by atoms with Crippen LogP contribution in [0, 0.1) is 5.92 Å². The molecule has 7 heteroatoms. The number of hydrogen-bond donors (Lipinski definition) is 1. The SMILES string of the molecule is Cn1nc(-c2ccc(Cl)cc2)sc1=N[C@H]1CCCC[C@H]1C(=O)O. The maximum Gasteiger partial charge on any atom is 0.308 e. The Morgan fingerprint density at radius 3 is 2.74 bits per heavy atom. The molecule has 1 N–H and O–H groups in total. The van der Waals surface area contributed by atoms with Crippen LogP contribution in [-0.2, 0) is 11.8 Å². The van der Waals surface area contributed by atoms with Gasteiger partial charge >= 0.3 is 5.97 Å². The number of aromatic nitrogens is 2. The summed E-state index contributed by atoms with van der Waals surface area (Å²) in [5.41, 5.74) is 0.981. The zero-order valence-electron chi connectivity index (χ0n) is 12.8. The average molecular weight is 352 g/mol. The van der Waals surface area contributed by atoms with Crippen molar-refractivity contribution in [3.05, 3.63) is 34.1 Å². The summed E-state index contributed by atoms with van der Waals surface area (Å²) < 4.78 is 1.72. The largest absolute Gasteiger partial charge is 0.481 e. The van der Waals surface area contributed by atoms with Gasteiger partial charge in [0.15, 0.2) is 0 Å². The normalized spacial score (nSPS) is 22.3. The van der Waals surface area contributed by atoms with Crippen LogP contribution in [0.15, 0.2) is 29.3 Å². The van der Waals surface area contributed by atoms with Gasteiger partial charge in [0.05, 0.1) is 12.0 Å². The molecule has 1 heterocycles. The second-order valence-corrected chi connectivity index (χ2v) is 7.14. The lowest BCUT2D eigenvalue weighted by Crippen LogP contribution is -2.32. The third-order valence-corrected chi connectivity index (χ3v) is 5.43. The molecular formula is C16H18ClN3O2S. The lowest BCUT2D eigenvalue weighted by molar-refractivity contribution is -0.143. The number of aliphatic carboxylic acids is 1. The lowest BCUT2D eigenvalue weighted by atomic mass is 9.85. The topological polar surface area (TPSA) is 67.5 Å². The summed E-state index contributed by atoms with van der Waals surface area (Å²) in [6, 6.07) is 7.34. The Labute approximate surface area is 143 Å². The van der Waals surface area contributed by atoms with Gasteiger partial charge < -0.3 is 5.11 Å². The fourth-order valence-corrected chi connectivity index (χ4v) is 3.94. The molecular weight excluding hydrogens is 334 g/mol. The van der Waals surface area contributed by atoms with Crippen LogP contribution in [-0.4, -0.2) is 26.9 Å². The molecule has 1 aromatic heterocycles. The number of nitrogens with zero attached hydrogens (tertiary/aromatic N) is 3. The summed E-state index contributed by atoms with van der Waals surface area (Å²) in [6.45, 7) is 0. The Morgan fingerprint density at radius 2 is 2.04 bits per heavy atom. The fraction of sp³-hybridized carbons (Fsp3) is 0.438. The van der Waals surface area contributed by atoms with Gasteiger partial charge in [0, 0.05) is 17.6 Å². The average Bonchev–Trinajstić information content (AvgIpc) is 2.89. The highest BCUT2D eigenvalue weighted by Gasteiger charge is 2.30. The Bertz CT molecular complexity index is 766. The number of hydrogen-bond acceptors (Lipinski definition) is 4. The first-order chi connectivity index (χ1) is 11.0. The number of aryl methyl sites for hydroxylation is 1. The van der Waals surface area contributed by atoms with E-state index in [1.807, 2.05) is 31.3 Å². The van der Waals surface area contributed by atoms with Crippen molar-refractivity contribution < 1.29 is 9.90 Å². The molecule has 122 valence electrons. The minimum absolute atomic E-state index is 0.161. The number of carbonyl (C=O) groups is 1. The molecule has 2 atom stereocenters. The van der Waals surface area contributed by atoms with E-state index in [4.69, 9.17) is 16.6 Å². The van der Waals surface area contributed by atoms with Gasteiger partial charge in [-0.3, -0.25) is 9.79 Å². The van der Waals surface area contributed by atoms with E-state index in [1.54, 1.807) is 4.68 Å². The monoisotopic (exact) mass is 351 g/mol. The number of halogens is 1. The van der Waals surface area contributed by atoms with Crippen molar-refractivity contribution in [2.45, 2.75) is 31.7 Å². The second kappa shape index (κ2) is 6.84. The molecule has 0 amide bonds. The number of carboxylic acids is 1. The molecule has 1 fully saturated rings. The van der Waals surface area contributed by atoms with Gasteiger partial charge in [0.1, 0.15) is 5.01 Å². The van der Waals surface area contributed by atoms with Crippen LogP contribution in [0.5, 0.6) is 0 Å². The highest BCUT2D eigenvalue weighted by atomic mass is 35.5. The van der Waals surface area contributed by atoms with Crippen molar-refractivity contribution in [2.24, 2.45) is 18.0 Å². The van der Waals surface area contributed by atoms with Crippen LogP contribution in [0.25, 0.3) is 10.6 Å². The summed E-state index contributed by atoms with van der Waals surface area (Å²) in [4.78, 5) is 16.9. The molecule has 0 aliphatic heterocycles. The molecule has 5 nitrogen and oxygen atoms in total. The maximum atomic E-state index is 11.4. The summed E-state index contributed by atoms with van der Waals surface area (Å²) in [5, 5.41) is 15.4. The minimum atomic E-state index is -0.747. The van der Waals surface area contributed by atoms with E-state index in [1.165, 1.54) is 11.3 Å². The molecule has 0 unspecified atom stereocenters. The summed E-state index contributed by atoms with van der Waals surface area (Å²) in [6.07, 6.45) is 3.53. The first kappa shape index (κ1) is 16.2. The minimum Gasteiger partial charge on any atom is -0.481 e. The van der Waals surface area contributed by atoms with Crippen LogP contribution in [0.3, 0.4) is 0 Å². The van der Waals surface area contributed by atoms with Crippen LogP contribution in [0.4, 0.5) is 0 Å². The van der Waals surface area contributed by atoms with E-state index < -0.39 is 5.97 Å². The van der Waals surface area contributed by atoms with Crippen LogP contribution >= 0.6 is 22.9 Å². The Hall–Kier alpha value is -1.66. The molecule has 0 radical (unpaired) electrons. The highest BCUT2D eigenvalue weighted by molar-refractivity contribution is 7.12. The third-order valence-electron chi connectivity index (χ3n) is 4.12. The first-order valence-electron chi connectivity index (χ1n) is 7.61. The van der Waals surface area contributed by atoms with Crippen molar-refractivity contribution in [3.63, 3.8) is 0 Å². The van der Waals surface area contributed by atoms with E-state index >= 15 is 0 Å². The van der Waals surface area contributed by atoms with Gasteiger partial charge in [-0.15, -0.1) is 0 Å². The third kappa shape index (κ3) is 3.64. The second-order valence-electron chi connectivity index (χ2n) is 5.75. The Kier molecular flexibility index (Phi) is 4.82. The molecule has 23 heavy (non-hydrogen) atoms. The Balaban J connectivity index is 1.93. The van der Waals surface area contributed by atoms with E-state index in [2.05, 4.69) is 5.10 Å². The number of rotatable bonds is 3. The molecule has 1 aromatic carbocycles. The molecule has 0 spiro atoms. The predicted molar refractivity (Wildman–Crippen MR) is 90.5 cm³/mol. The van der Waals surface area contributed by atoms with E-state index in [0.29, 0.717) is 11.4 Å². The van der Waals surface area contributed by atoms with Gasteiger partial charge in [0.25, 0.3) is 0 Å². The quantitative estimate of drug-likeness (QED) is 0.922. The molecule has 1 aliphatic rings. The van der Waals surface area contributed by atoms with E-state index in [9.17, 15) is 9.90 Å². The Morgan fingerprint density at radius 1 is 1.35 bits per heavy atom. The van der Waals surface area contributed by atoms with Gasteiger partial charge in [-0.05, 0) is 25.0 Å².